The smallest absolute Gasteiger partial charge is 0.254 e. The van der Waals surface area contributed by atoms with Crippen LogP contribution in [-0.4, -0.2) is 9.97 Å². The SMILES string of the molecule is Cc1nc(CCl)[nH]c(=O)c1C(C)C. The summed E-state index contributed by atoms with van der Waals surface area (Å²) in [6, 6.07) is 0. The predicted octanol–water partition coefficient (Wildman–Crippen LogP) is 1.94. The molecule has 0 amide bonds. The Labute approximate surface area is 82.2 Å². The van der Waals surface area contributed by atoms with Gasteiger partial charge in [0.15, 0.2) is 0 Å². The van der Waals surface area contributed by atoms with E-state index >= 15 is 0 Å². The van der Waals surface area contributed by atoms with E-state index in [1.54, 1.807) is 0 Å². The first kappa shape index (κ1) is 10.3. The summed E-state index contributed by atoms with van der Waals surface area (Å²) < 4.78 is 0. The lowest BCUT2D eigenvalue weighted by Gasteiger charge is -2.07. The van der Waals surface area contributed by atoms with E-state index in [2.05, 4.69) is 9.97 Å². The van der Waals surface area contributed by atoms with Gasteiger partial charge >= 0.3 is 0 Å². The third kappa shape index (κ3) is 2.10. The lowest BCUT2D eigenvalue weighted by molar-refractivity contribution is 0.798. The zero-order valence-electron chi connectivity index (χ0n) is 8.02. The minimum Gasteiger partial charge on any atom is -0.309 e. The minimum absolute atomic E-state index is 0.0712. The van der Waals surface area contributed by atoms with Crippen molar-refractivity contribution >= 4 is 11.6 Å². The molecule has 0 atom stereocenters. The van der Waals surface area contributed by atoms with Gasteiger partial charge in [-0.1, -0.05) is 13.8 Å². The van der Waals surface area contributed by atoms with Crippen LogP contribution in [0.4, 0.5) is 0 Å². The van der Waals surface area contributed by atoms with E-state index in [0.29, 0.717) is 5.82 Å². The Morgan fingerprint density at radius 3 is 2.54 bits per heavy atom. The monoisotopic (exact) mass is 200 g/mol. The summed E-state index contributed by atoms with van der Waals surface area (Å²) in [6.45, 7) is 5.78. The van der Waals surface area contributed by atoms with Crippen molar-refractivity contribution in [2.45, 2.75) is 32.6 Å². The molecule has 1 heterocycles. The molecule has 1 aromatic rings. The van der Waals surface area contributed by atoms with Gasteiger partial charge in [0.1, 0.15) is 5.82 Å². The number of aryl methyl sites for hydroxylation is 1. The Morgan fingerprint density at radius 2 is 2.15 bits per heavy atom. The fourth-order valence-corrected chi connectivity index (χ4v) is 1.52. The van der Waals surface area contributed by atoms with Crippen LogP contribution in [0.2, 0.25) is 0 Å². The van der Waals surface area contributed by atoms with E-state index in [4.69, 9.17) is 11.6 Å². The maximum atomic E-state index is 11.5. The average molecular weight is 201 g/mol. The topological polar surface area (TPSA) is 45.8 Å². The Bertz CT molecular complexity index is 357. The van der Waals surface area contributed by atoms with Crippen LogP contribution >= 0.6 is 11.6 Å². The molecule has 1 rings (SSSR count). The first-order chi connectivity index (χ1) is 6.06. The summed E-state index contributed by atoms with van der Waals surface area (Å²) in [6.07, 6.45) is 0. The molecule has 1 N–H and O–H groups in total. The first-order valence-corrected chi connectivity index (χ1v) is 4.75. The highest BCUT2D eigenvalue weighted by atomic mass is 35.5. The molecular formula is C9H13ClN2O. The van der Waals surface area contributed by atoms with Gasteiger partial charge in [-0.2, -0.15) is 0 Å². The van der Waals surface area contributed by atoms with Gasteiger partial charge in [-0.25, -0.2) is 4.98 Å². The van der Waals surface area contributed by atoms with Crippen LogP contribution in [0.3, 0.4) is 0 Å². The summed E-state index contributed by atoms with van der Waals surface area (Å²) in [4.78, 5) is 18.3. The maximum absolute atomic E-state index is 11.5. The summed E-state index contributed by atoms with van der Waals surface area (Å²) in [5, 5.41) is 0. The molecule has 0 bridgehead atoms. The van der Waals surface area contributed by atoms with Crippen molar-refractivity contribution in [3.63, 3.8) is 0 Å². The summed E-state index contributed by atoms with van der Waals surface area (Å²) in [5.74, 6) is 0.975. The minimum atomic E-state index is -0.0712. The van der Waals surface area contributed by atoms with Gasteiger partial charge in [-0.05, 0) is 12.8 Å². The van der Waals surface area contributed by atoms with Crippen molar-refractivity contribution in [1.29, 1.82) is 0 Å². The summed E-state index contributed by atoms with van der Waals surface area (Å²) in [5.41, 5.74) is 1.45. The number of aromatic nitrogens is 2. The van der Waals surface area contributed by atoms with E-state index < -0.39 is 0 Å². The van der Waals surface area contributed by atoms with Crippen LogP contribution < -0.4 is 5.56 Å². The molecule has 0 aliphatic carbocycles. The van der Waals surface area contributed by atoms with Crippen LogP contribution in [-0.2, 0) is 5.88 Å². The molecular weight excluding hydrogens is 188 g/mol. The molecule has 0 unspecified atom stereocenters. The molecule has 0 aromatic carbocycles. The number of aromatic amines is 1. The Morgan fingerprint density at radius 1 is 1.54 bits per heavy atom. The number of rotatable bonds is 2. The number of nitrogens with one attached hydrogen (secondary N) is 1. The Hall–Kier alpha value is -0.830. The van der Waals surface area contributed by atoms with E-state index in [1.165, 1.54) is 0 Å². The second-order valence-electron chi connectivity index (χ2n) is 3.30. The van der Waals surface area contributed by atoms with Gasteiger partial charge in [-0.15, -0.1) is 11.6 Å². The zero-order valence-corrected chi connectivity index (χ0v) is 8.77. The third-order valence-electron chi connectivity index (χ3n) is 1.90. The van der Waals surface area contributed by atoms with Crippen LogP contribution in [0.5, 0.6) is 0 Å². The van der Waals surface area contributed by atoms with Crippen molar-refractivity contribution in [1.82, 2.24) is 9.97 Å². The van der Waals surface area contributed by atoms with Crippen LogP contribution in [0, 0.1) is 6.92 Å². The molecule has 4 heteroatoms. The van der Waals surface area contributed by atoms with E-state index in [1.807, 2.05) is 20.8 Å². The van der Waals surface area contributed by atoms with E-state index in [9.17, 15) is 4.79 Å². The van der Waals surface area contributed by atoms with Gasteiger partial charge in [0.2, 0.25) is 0 Å². The highest BCUT2D eigenvalue weighted by molar-refractivity contribution is 6.16. The van der Waals surface area contributed by atoms with Crippen LogP contribution in [0.15, 0.2) is 4.79 Å². The highest BCUT2D eigenvalue weighted by Crippen LogP contribution is 2.12. The molecule has 0 radical (unpaired) electrons. The van der Waals surface area contributed by atoms with Crippen molar-refractivity contribution < 1.29 is 0 Å². The fraction of sp³-hybridized carbons (Fsp3) is 0.556. The largest absolute Gasteiger partial charge is 0.309 e. The molecule has 0 aliphatic heterocycles. The van der Waals surface area contributed by atoms with Gasteiger partial charge in [0.05, 0.1) is 5.88 Å². The standard InChI is InChI=1S/C9H13ClN2O/c1-5(2)8-6(3)11-7(4-10)12-9(8)13/h5H,4H2,1-3H3,(H,11,12,13). The normalized spacial score (nSPS) is 10.8. The molecule has 0 fully saturated rings. The predicted molar refractivity (Wildman–Crippen MR) is 53.2 cm³/mol. The number of hydrogen-bond donors (Lipinski definition) is 1. The highest BCUT2D eigenvalue weighted by Gasteiger charge is 2.10. The molecule has 0 saturated carbocycles. The zero-order chi connectivity index (χ0) is 10.0. The number of hydrogen-bond acceptors (Lipinski definition) is 2. The van der Waals surface area contributed by atoms with E-state index in [-0.39, 0.29) is 17.4 Å². The Kier molecular flexibility index (Phi) is 3.09. The summed E-state index contributed by atoms with van der Waals surface area (Å²) >= 11 is 5.57. The van der Waals surface area contributed by atoms with Crippen LogP contribution in [0.1, 0.15) is 36.8 Å². The lowest BCUT2D eigenvalue weighted by Crippen LogP contribution is -2.19. The molecule has 0 spiro atoms. The average Bonchev–Trinajstić information content (AvgIpc) is 2.02. The van der Waals surface area contributed by atoms with Gasteiger partial charge < -0.3 is 4.98 Å². The molecule has 0 aliphatic rings. The lowest BCUT2D eigenvalue weighted by atomic mass is 10.0. The molecule has 1 aromatic heterocycles. The number of alkyl halides is 1. The van der Waals surface area contributed by atoms with Crippen molar-refractivity contribution in [2.75, 3.05) is 0 Å². The molecule has 3 nitrogen and oxygen atoms in total. The number of nitrogens with zero attached hydrogens (tertiary/aromatic N) is 1. The number of halogens is 1. The van der Waals surface area contributed by atoms with Crippen molar-refractivity contribution in [3.8, 4) is 0 Å². The van der Waals surface area contributed by atoms with Crippen molar-refractivity contribution in [2.24, 2.45) is 0 Å². The first-order valence-electron chi connectivity index (χ1n) is 4.22. The quantitative estimate of drug-likeness (QED) is 0.742. The molecule has 0 saturated heterocycles. The third-order valence-corrected chi connectivity index (χ3v) is 2.15. The summed E-state index contributed by atoms with van der Waals surface area (Å²) in [7, 11) is 0. The Balaban J connectivity index is 3.32. The van der Waals surface area contributed by atoms with Crippen molar-refractivity contribution in [3.05, 3.63) is 27.4 Å². The van der Waals surface area contributed by atoms with E-state index in [0.717, 1.165) is 11.3 Å². The molecule has 72 valence electrons. The fourth-order valence-electron chi connectivity index (χ4n) is 1.40. The van der Waals surface area contributed by atoms with Gasteiger partial charge in [0, 0.05) is 11.3 Å². The second-order valence-corrected chi connectivity index (χ2v) is 3.57. The number of H-pyrrole nitrogens is 1. The van der Waals surface area contributed by atoms with Crippen LogP contribution in [0.25, 0.3) is 0 Å². The molecule has 13 heavy (non-hydrogen) atoms. The van der Waals surface area contributed by atoms with Gasteiger partial charge in [0.25, 0.3) is 5.56 Å². The second kappa shape index (κ2) is 3.92. The van der Waals surface area contributed by atoms with Gasteiger partial charge in [-0.3, -0.25) is 4.79 Å². The maximum Gasteiger partial charge on any atom is 0.254 e.